The Morgan fingerprint density at radius 1 is 0.911 bits per heavy atom. The van der Waals surface area contributed by atoms with Crippen molar-refractivity contribution in [3.8, 4) is 0 Å². The highest BCUT2D eigenvalue weighted by molar-refractivity contribution is 7.45. The van der Waals surface area contributed by atoms with E-state index < -0.39 is 7.82 Å². The lowest BCUT2D eigenvalue weighted by Crippen LogP contribution is -2.37. The van der Waals surface area contributed by atoms with E-state index in [4.69, 9.17) is 24.1 Å². The molecule has 1 aromatic rings. The molecule has 0 aromatic carbocycles. The van der Waals surface area contributed by atoms with Gasteiger partial charge in [-0.2, -0.15) is 0 Å². The summed E-state index contributed by atoms with van der Waals surface area (Å²) in [5.74, 6) is 0.747. The van der Waals surface area contributed by atoms with Gasteiger partial charge in [-0.1, -0.05) is 93.4 Å². The Hall–Kier alpha value is -1.56. The van der Waals surface area contributed by atoms with Gasteiger partial charge in [0, 0.05) is 45.0 Å². The molecule has 0 fully saturated rings. The number of azide groups is 1. The van der Waals surface area contributed by atoms with Crippen molar-refractivity contribution in [3.05, 3.63) is 22.3 Å². The van der Waals surface area contributed by atoms with Gasteiger partial charge in [-0.05, 0) is 36.6 Å². The van der Waals surface area contributed by atoms with Crippen LogP contribution < -0.4 is 4.89 Å². The van der Waals surface area contributed by atoms with Gasteiger partial charge in [-0.15, -0.1) is 5.10 Å². The Labute approximate surface area is 278 Å². The maximum atomic E-state index is 11.7. The molecule has 1 heterocycles. The lowest BCUT2D eigenvalue weighted by atomic mass is 10.1. The zero-order valence-electron chi connectivity index (χ0n) is 25.9. The van der Waals surface area contributed by atoms with E-state index in [1.807, 2.05) is 38.9 Å². The predicted molar refractivity (Wildman–Crippen MR) is 188 cm³/mol. The third-order valence-corrected chi connectivity index (χ3v) is 6.78. The fraction of sp³-hybridized carbons (Fsp3) is 0.935. The second-order valence-corrected chi connectivity index (χ2v) is 12.7. The lowest BCUT2D eigenvalue weighted by molar-refractivity contribution is -0.870. The number of hydrogen-bond donors (Lipinski definition) is 0. The molecule has 0 aliphatic carbocycles. The SMILES string of the molecule is C.C.C.C.C.COCC(C)CN=[N+]=[N-].COCC(C)Cn1cc(CCCCCCCCCOP(=O)([O-])OCC[N+](C)(C)C)nn1. The van der Waals surface area contributed by atoms with Crippen molar-refractivity contribution < 1.29 is 32.5 Å². The van der Waals surface area contributed by atoms with Crippen LogP contribution in [0.5, 0.6) is 0 Å². The second-order valence-electron chi connectivity index (χ2n) is 11.3. The van der Waals surface area contributed by atoms with Crippen molar-refractivity contribution in [2.45, 2.75) is 109 Å². The summed E-state index contributed by atoms with van der Waals surface area (Å²) in [5.41, 5.74) is 8.95. The average molecular weight is 672 g/mol. The van der Waals surface area contributed by atoms with E-state index >= 15 is 0 Å². The second kappa shape index (κ2) is 33.8. The number of rotatable bonds is 23. The molecule has 45 heavy (non-hydrogen) atoms. The van der Waals surface area contributed by atoms with Crippen molar-refractivity contribution in [2.75, 3.05) is 74.9 Å². The highest BCUT2D eigenvalue weighted by Gasteiger charge is 2.13. The monoisotopic (exact) mass is 672 g/mol. The maximum absolute atomic E-state index is 11.7. The number of unbranched alkanes of at least 4 members (excludes halogenated alkanes) is 6. The Morgan fingerprint density at radius 2 is 1.42 bits per heavy atom. The summed E-state index contributed by atoms with van der Waals surface area (Å²) < 4.78 is 34.0. The minimum Gasteiger partial charge on any atom is -0.756 e. The fourth-order valence-electron chi connectivity index (χ4n) is 3.64. The molecule has 0 saturated carbocycles. The molecule has 274 valence electrons. The molecule has 13 nitrogen and oxygen atoms in total. The van der Waals surface area contributed by atoms with Gasteiger partial charge in [0.05, 0.1) is 40.1 Å². The molecule has 0 aliphatic heterocycles. The zero-order chi connectivity index (χ0) is 30.3. The predicted octanol–water partition coefficient (Wildman–Crippen LogP) is 7.80. The topological polar surface area (TPSA) is 157 Å². The first-order valence-corrected chi connectivity index (χ1v) is 15.7. The van der Waals surface area contributed by atoms with Crippen LogP contribution in [-0.2, 0) is 36.1 Å². The Morgan fingerprint density at radius 3 is 1.96 bits per heavy atom. The third kappa shape index (κ3) is 36.8. The van der Waals surface area contributed by atoms with Gasteiger partial charge in [0.25, 0.3) is 7.82 Å². The average Bonchev–Trinajstić information content (AvgIpc) is 3.30. The van der Waals surface area contributed by atoms with Gasteiger partial charge in [-0.3, -0.25) is 9.25 Å². The highest BCUT2D eigenvalue weighted by Crippen LogP contribution is 2.38. The highest BCUT2D eigenvalue weighted by atomic mass is 31.2. The molecule has 3 atom stereocenters. The number of likely N-dealkylation sites (N-methyl/N-ethyl adjacent to an activating group) is 1. The number of ether oxygens (including phenoxy) is 2. The molecular formula is C31H74N7O6P. The van der Waals surface area contributed by atoms with E-state index in [9.17, 15) is 9.46 Å². The van der Waals surface area contributed by atoms with Crippen molar-refractivity contribution in [2.24, 2.45) is 17.0 Å². The van der Waals surface area contributed by atoms with Gasteiger partial charge in [0.15, 0.2) is 0 Å². The minimum absolute atomic E-state index is 0. The third-order valence-electron chi connectivity index (χ3n) is 5.78. The quantitative estimate of drug-likeness (QED) is 0.0285. The Balaban J connectivity index is -0.000000238. The van der Waals surface area contributed by atoms with Crippen LogP contribution >= 0.6 is 7.82 Å². The zero-order valence-corrected chi connectivity index (χ0v) is 26.8. The lowest BCUT2D eigenvalue weighted by Gasteiger charge is -2.27. The van der Waals surface area contributed by atoms with Crippen molar-refractivity contribution in [3.63, 3.8) is 0 Å². The normalized spacial score (nSPS) is 12.9. The molecule has 0 aliphatic rings. The van der Waals surface area contributed by atoms with E-state index in [1.165, 1.54) is 12.8 Å². The molecule has 0 radical (unpaired) electrons. The van der Waals surface area contributed by atoms with Crippen molar-refractivity contribution in [1.82, 2.24) is 15.0 Å². The number of hydrogen-bond acceptors (Lipinski definition) is 9. The van der Waals surface area contributed by atoms with Crippen LogP contribution in [0.15, 0.2) is 11.3 Å². The molecule has 0 spiro atoms. The molecule has 0 amide bonds. The number of phosphoric ester groups is 1. The van der Waals surface area contributed by atoms with Gasteiger partial charge < -0.3 is 27.9 Å². The van der Waals surface area contributed by atoms with Gasteiger partial charge in [0.1, 0.15) is 13.2 Å². The van der Waals surface area contributed by atoms with Crippen LogP contribution in [-0.4, -0.2) is 94.4 Å². The molecule has 3 unspecified atom stereocenters. The maximum Gasteiger partial charge on any atom is 0.268 e. The van der Waals surface area contributed by atoms with Crippen molar-refractivity contribution >= 4 is 7.82 Å². The number of aromatic nitrogens is 3. The Kier molecular flexibility index (Phi) is 41.9. The molecule has 0 N–H and O–H groups in total. The number of nitrogens with zero attached hydrogens (tertiary/aromatic N) is 7. The molecule has 0 bridgehead atoms. The van der Waals surface area contributed by atoms with Crippen LogP contribution in [0.3, 0.4) is 0 Å². The van der Waals surface area contributed by atoms with Crippen LogP contribution in [0.25, 0.3) is 10.4 Å². The van der Waals surface area contributed by atoms with E-state index in [-0.39, 0.29) is 50.3 Å². The first-order valence-electron chi connectivity index (χ1n) is 14.2. The summed E-state index contributed by atoms with van der Waals surface area (Å²) in [4.78, 5) is 14.3. The first kappa shape index (κ1) is 55.8. The molecule has 14 heteroatoms. The summed E-state index contributed by atoms with van der Waals surface area (Å²) in [6.45, 7) is 7.79. The van der Waals surface area contributed by atoms with Gasteiger partial charge >= 0.3 is 0 Å². The minimum atomic E-state index is -4.17. The summed E-state index contributed by atoms with van der Waals surface area (Å²) in [6.07, 6.45) is 10.4. The number of methoxy groups -OCH3 is 2. The standard InChI is InChI=1S/C21H43N4O5P.C5H11N3O.5CH4/c1-20(19-28-5)17-24-18-21(22-23-24)13-11-9-7-6-8-10-12-15-29-31(26,27)30-16-14-25(2,3)4;1-5(4-9-2)3-7-8-6;;;;;/h18,20H,6-17,19H2,1-5H3;5H,3-4H2,1-2H3;5*1H4. The summed E-state index contributed by atoms with van der Waals surface area (Å²) in [7, 11) is 5.13. The molecule has 0 saturated heterocycles. The van der Waals surface area contributed by atoms with Crippen molar-refractivity contribution in [1.29, 1.82) is 0 Å². The molecule has 1 aromatic heterocycles. The number of phosphoric acid groups is 1. The summed E-state index contributed by atoms with van der Waals surface area (Å²) in [5, 5.41) is 11.8. The number of quaternary nitrogens is 1. The van der Waals surface area contributed by atoms with E-state index in [0.29, 0.717) is 36.0 Å². The van der Waals surface area contributed by atoms with Crippen LogP contribution in [0.2, 0.25) is 0 Å². The van der Waals surface area contributed by atoms with Gasteiger partial charge in [0.2, 0.25) is 0 Å². The molecule has 1 rings (SSSR count). The summed E-state index contributed by atoms with van der Waals surface area (Å²) in [6, 6.07) is 0. The van der Waals surface area contributed by atoms with E-state index in [0.717, 1.165) is 57.4 Å². The van der Waals surface area contributed by atoms with Gasteiger partial charge in [-0.25, -0.2) is 0 Å². The van der Waals surface area contributed by atoms with E-state index in [1.54, 1.807) is 14.2 Å². The molecular weight excluding hydrogens is 597 g/mol. The number of aryl methyl sites for hydroxylation is 1. The fourth-order valence-corrected chi connectivity index (χ4v) is 4.38. The van der Waals surface area contributed by atoms with Crippen LogP contribution in [0.1, 0.15) is 102 Å². The first-order chi connectivity index (χ1) is 18.9. The smallest absolute Gasteiger partial charge is 0.268 e. The van der Waals surface area contributed by atoms with Crippen LogP contribution in [0, 0.1) is 11.8 Å². The van der Waals surface area contributed by atoms with E-state index in [2.05, 4.69) is 27.3 Å². The Bertz CT molecular complexity index is 849. The summed E-state index contributed by atoms with van der Waals surface area (Å²) >= 11 is 0. The van der Waals surface area contributed by atoms with Crippen LogP contribution in [0.4, 0.5) is 0 Å². The largest absolute Gasteiger partial charge is 0.756 e.